The van der Waals surface area contributed by atoms with Gasteiger partial charge in [0.05, 0.1) is 5.02 Å². The molecule has 0 aliphatic rings. The molecule has 0 aliphatic carbocycles. The van der Waals surface area contributed by atoms with Crippen LogP contribution in [0.1, 0.15) is 5.56 Å². The van der Waals surface area contributed by atoms with Gasteiger partial charge in [-0.15, -0.1) is 0 Å². The fourth-order valence-electron chi connectivity index (χ4n) is 2.32. The summed E-state index contributed by atoms with van der Waals surface area (Å²) < 4.78 is 5.42. The van der Waals surface area contributed by atoms with Crippen LogP contribution in [0, 0.1) is 6.92 Å². The molecule has 3 rings (SSSR count). The third-order valence-electron chi connectivity index (χ3n) is 3.36. The Balaban J connectivity index is 2.01. The third-order valence-corrected chi connectivity index (χ3v) is 3.68. The van der Waals surface area contributed by atoms with Gasteiger partial charge in [-0.25, -0.2) is 0 Å². The van der Waals surface area contributed by atoms with Gasteiger partial charge in [-0.2, -0.15) is 0 Å². The van der Waals surface area contributed by atoms with Crippen molar-refractivity contribution in [2.45, 2.75) is 6.92 Å². The predicted molar refractivity (Wildman–Crippen MR) is 86.8 cm³/mol. The van der Waals surface area contributed by atoms with Crippen LogP contribution in [0.4, 0.5) is 5.69 Å². The Morgan fingerprint density at radius 1 is 1.18 bits per heavy atom. The molecule has 0 unspecified atom stereocenters. The molecule has 0 saturated carbocycles. The first-order valence-corrected chi connectivity index (χ1v) is 7.09. The number of carbonyl (C=O) groups excluding carboxylic acids is 1. The van der Waals surface area contributed by atoms with Crippen molar-refractivity contribution in [3.8, 4) is 22.6 Å². The average molecular weight is 313 g/mol. The normalized spacial score (nSPS) is 10.5. The fourth-order valence-corrected chi connectivity index (χ4v) is 2.63. The van der Waals surface area contributed by atoms with E-state index in [4.69, 9.17) is 16.1 Å². The van der Waals surface area contributed by atoms with Crippen molar-refractivity contribution >= 4 is 23.7 Å². The third kappa shape index (κ3) is 2.73. The number of rotatable bonds is 4. The summed E-state index contributed by atoms with van der Waals surface area (Å²) in [5.41, 5.74) is 4.10. The van der Waals surface area contributed by atoms with Gasteiger partial charge in [-0.3, -0.25) is 4.79 Å². The largest absolute Gasteiger partial charge is 0.356 e. The molecule has 1 heterocycles. The summed E-state index contributed by atoms with van der Waals surface area (Å²) in [6, 6.07) is 14.9. The van der Waals surface area contributed by atoms with Crippen LogP contribution in [0.2, 0.25) is 5.02 Å². The molecule has 0 aliphatic heterocycles. The maximum Gasteiger partial charge on any atom is 0.211 e. The molecule has 2 aromatic carbocycles. The van der Waals surface area contributed by atoms with Gasteiger partial charge in [0.25, 0.3) is 0 Å². The maximum absolute atomic E-state index is 10.5. The smallest absolute Gasteiger partial charge is 0.211 e. The van der Waals surface area contributed by atoms with Crippen molar-refractivity contribution in [2.75, 3.05) is 5.32 Å². The molecule has 0 fully saturated rings. The van der Waals surface area contributed by atoms with Crippen LogP contribution in [-0.4, -0.2) is 11.6 Å². The minimum absolute atomic E-state index is 0.615. The van der Waals surface area contributed by atoms with Gasteiger partial charge in [0.15, 0.2) is 5.76 Å². The zero-order valence-electron chi connectivity index (χ0n) is 11.8. The van der Waals surface area contributed by atoms with Crippen molar-refractivity contribution < 1.29 is 9.32 Å². The van der Waals surface area contributed by atoms with E-state index in [2.05, 4.69) is 10.5 Å². The number of benzene rings is 2. The lowest BCUT2D eigenvalue weighted by atomic mass is 10.0. The molecule has 5 heteroatoms. The number of carbonyl (C=O) groups is 1. The van der Waals surface area contributed by atoms with Crippen LogP contribution in [0.25, 0.3) is 22.6 Å². The number of hydrogen-bond acceptors (Lipinski definition) is 3. The first-order valence-electron chi connectivity index (χ1n) is 6.72. The summed E-state index contributed by atoms with van der Waals surface area (Å²) in [5.74, 6) is 0.615. The minimum atomic E-state index is 0.615. The quantitative estimate of drug-likeness (QED) is 0.720. The lowest BCUT2D eigenvalue weighted by Crippen LogP contribution is -1.92. The van der Waals surface area contributed by atoms with Gasteiger partial charge in [-0.1, -0.05) is 41.0 Å². The molecule has 1 amide bonds. The summed E-state index contributed by atoms with van der Waals surface area (Å²) in [4.78, 5) is 10.5. The molecule has 0 atom stereocenters. The van der Waals surface area contributed by atoms with Gasteiger partial charge in [0.2, 0.25) is 6.41 Å². The maximum atomic E-state index is 10.5. The van der Waals surface area contributed by atoms with Gasteiger partial charge < -0.3 is 9.84 Å². The minimum Gasteiger partial charge on any atom is -0.356 e. The van der Waals surface area contributed by atoms with Crippen molar-refractivity contribution in [3.05, 3.63) is 59.1 Å². The zero-order valence-corrected chi connectivity index (χ0v) is 12.6. The number of aryl methyl sites for hydroxylation is 1. The summed E-state index contributed by atoms with van der Waals surface area (Å²) in [7, 11) is 0. The monoisotopic (exact) mass is 312 g/mol. The van der Waals surface area contributed by atoms with Crippen LogP contribution in [0.15, 0.2) is 53.1 Å². The topological polar surface area (TPSA) is 55.1 Å². The highest BCUT2D eigenvalue weighted by molar-refractivity contribution is 6.33. The van der Waals surface area contributed by atoms with E-state index >= 15 is 0 Å². The van der Waals surface area contributed by atoms with E-state index < -0.39 is 0 Å². The SMILES string of the molecule is Cc1cccc(Cl)c1-c1cc(-c2cccc(NC=O)c2)on1. The number of nitrogens with one attached hydrogen (secondary N) is 1. The van der Waals surface area contributed by atoms with E-state index in [1.165, 1.54) is 0 Å². The predicted octanol–water partition coefficient (Wildman–Crippen LogP) is 4.54. The molecular formula is C17H13ClN2O2. The number of anilines is 1. The summed E-state index contributed by atoms with van der Waals surface area (Å²) in [6.07, 6.45) is 0.637. The first-order chi connectivity index (χ1) is 10.7. The molecule has 0 saturated heterocycles. The Labute approximate surface area is 132 Å². The summed E-state index contributed by atoms with van der Waals surface area (Å²) in [5, 5.41) is 7.36. The second-order valence-corrected chi connectivity index (χ2v) is 5.26. The van der Waals surface area contributed by atoms with Crippen LogP contribution in [0.3, 0.4) is 0 Å². The van der Waals surface area contributed by atoms with Crippen molar-refractivity contribution in [2.24, 2.45) is 0 Å². The highest BCUT2D eigenvalue weighted by Gasteiger charge is 2.13. The molecule has 1 N–H and O–H groups in total. The Hall–Kier alpha value is -2.59. The number of nitrogens with zero attached hydrogens (tertiary/aromatic N) is 1. The van der Waals surface area contributed by atoms with Crippen LogP contribution in [-0.2, 0) is 4.79 Å². The Kier molecular flexibility index (Phi) is 3.94. The number of halogens is 1. The Morgan fingerprint density at radius 2 is 2.00 bits per heavy atom. The lowest BCUT2D eigenvalue weighted by Gasteiger charge is -2.03. The van der Waals surface area contributed by atoms with E-state index in [0.717, 1.165) is 16.7 Å². The number of hydrogen-bond donors (Lipinski definition) is 1. The standard InChI is InChI=1S/C17H13ClN2O2/c1-11-4-2-7-14(18)17(11)15-9-16(22-20-15)12-5-3-6-13(8-12)19-10-21/h2-10H,1H3,(H,19,21). The van der Waals surface area contributed by atoms with Crippen molar-refractivity contribution in [1.82, 2.24) is 5.16 Å². The molecule has 0 bridgehead atoms. The molecule has 0 radical (unpaired) electrons. The molecule has 22 heavy (non-hydrogen) atoms. The molecule has 1 aromatic heterocycles. The van der Waals surface area contributed by atoms with Gasteiger partial charge >= 0.3 is 0 Å². The van der Waals surface area contributed by atoms with E-state index in [1.54, 1.807) is 6.07 Å². The molecule has 3 aromatic rings. The van der Waals surface area contributed by atoms with Crippen LogP contribution in [0.5, 0.6) is 0 Å². The molecular weight excluding hydrogens is 300 g/mol. The fraction of sp³-hybridized carbons (Fsp3) is 0.0588. The van der Waals surface area contributed by atoms with E-state index in [-0.39, 0.29) is 0 Å². The molecule has 4 nitrogen and oxygen atoms in total. The second kappa shape index (κ2) is 6.03. The Morgan fingerprint density at radius 3 is 2.77 bits per heavy atom. The number of amides is 1. The first kappa shape index (κ1) is 14.4. The van der Waals surface area contributed by atoms with Crippen LogP contribution >= 0.6 is 11.6 Å². The van der Waals surface area contributed by atoms with Crippen molar-refractivity contribution in [1.29, 1.82) is 0 Å². The van der Waals surface area contributed by atoms with Crippen molar-refractivity contribution in [3.63, 3.8) is 0 Å². The van der Waals surface area contributed by atoms with Gasteiger partial charge in [0, 0.05) is 22.9 Å². The summed E-state index contributed by atoms with van der Waals surface area (Å²) >= 11 is 6.26. The second-order valence-electron chi connectivity index (χ2n) is 4.85. The number of aromatic nitrogens is 1. The summed E-state index contributed by atoms with van der Waals surface area (Å²) in [6.45, 7) is 1.98. The highest BCUT2D eigenvalue weighted by Crippen LogP contribution is 2.33. The lowest BCUT2D eigenvalue weighted by molar-refractivity contribution is -0.105. The van der Waals surface area contributed by atoms with Gasteiger partial charge in [0.1, 0.15) is 5.69 Å². The van der Waals surface area contributed by atoms with Gasteiger partial charge in [-0.05, 0) is 30.7 Å². The molecule has 110 valence electrons. The van der Waals surface area contributed by atoms with E-state index in [9.17, 15) is 4.79 Å². The highest BCUT2D eigenvalue weighted by atomic mass is 35.5. The Bertz CT molecular complexity index is 807. The van der Waals surface area contributed by atoms with Crippen LogP contribution < -0.4 is 5.32 Å². The zero-order chi connectivity index (χ0) is 15.5. The van der Waals surface area contributed by atoms with E-state index in [1.807, 2.05) is 49.4 Å². The molecule has 0 spiro atoms. The average Bonchev–Trinajstić information content (AvgIpc) is 2.97. The van der Waals surface area contributed by atoms with E-state index in [0.29, 0.717) is 28.6 Å².